The molecule has 0 bridgehead atoms. The van der Waals surface area contributed by atoms with Gasteiger partial charge in [-0.3, -0.25) is 4.31 Å². The zero-order valence-corrected chi connectivity index (χ0v) is 11.2. The molecule has 1 aliphatic rings. The normalized spacial score (nSPS) is 16.1. The Bertz CT molecular complexity index is 544. The summed E-state index contributed by atoms with van der Waals surface area (Å²) in [5, 5.41) is 0. The lowest BCUT2D eigenvalue weighted by atomic mass is 10.1. The highest BCUT2D eigenvalue weighted by Gasteiger charge is 2.38. The first-order chi connectivity index (χ1) is 7.73. The Labute approximate surface area is 102 Å². The zero-order chi connectivity index (χ0) is 12.8. The van der Waals surface area contributed by atoms with E-state index < -0.39 is 14.8 Å². The van der Waals surface area contributed by atoms with Gasteiger partial charge in [-0.05, 0) is 51.0 Å². The number of nitrogens with two attached hydrogens (primary N) is 1. The van der Waals surface area contributed by atoms with E-state index in [-0.39, 0.29) is 0 Å². The SMILES string of the molecule is CC(C)(C)S(=O)(=O)N1CCc2cc(N)ccc21. The zero-order valence-electron chi connectivity index (χ0n) is 10.4. The van der Waals surface area contributed by atoms with Crippen LogP contribution in [-0.4, -0.2) is 19.7 Å². The summed E-state index contributed by atoms with van der Waals surface area (Å²) < 4.78 is 25.5. The Morgan fingerprint density at radius 3 is 2.53 bits per heavy atom. The number of hydrogen-bond donors (Lipinski definition) is 1. The largest absolute Gasteiger partial charge is 0.399 e. The maximum atomic E-state index is 12.4. The Morgan fingerprint density at radius 1 is 1.29 bits per heavy atom. The van der Waals surface area contributed by atoms with Crippen LogP contribution in [0.25, 0.3) is 0 Å². The van der Waals surface area contributed by atoms with Gasteiger partial charge in [0.15, 0.2) is 0 Å². The van der Waals surface area contributed by atoms with Crippen molar-refractivity contribution in [2.75, 3.05) is 16.6 Å². The Morgan fingerprint density at radius 2 is 1.94 bits per heavy atom. The van der Waals surface area contributed by atoms with Gasteiger partial charge in [-0.25, -0.2) is 8.42 Å². The number of rotatable bonds is 1. The Hall–Kier alpha value is -1.23. The lowest BCUT2D eigenvalue weighted by molar-refractivity contribution is 0.556. The molecule has 4 nitrogen and oxygen atoms in total. The third-order valence-corrected chi connectivity index (χ3v) is 5.53. The summed E-state index contributed by atoms with van der Waals surface area (Å²) in [6.07, 6.45) is 0.732. The quantitative estimate of drug-likeness (QED) is 0.777. The molecular weight excluding hydrogens is 236 g/mol. The molecule has 1 aromatic carbocycles. The van der Waals surface area contributed by atoms with Gasteiger partial charge in [0, 0.05) is 12.2 Å². The highest BCUT2D eigenvalue weighted by atomic mass is 32.2. The van der Waals surface area contributed by atoms with Crippen molar-refractivity contribution in [3.05, 3.63) is 23.8 Å². The number of anilines is 2. The molecule has 0 atom stereocenters. The molecule has 0 spiro atoms. The first-order valence-corrected chi connectivity index (χ1v) is 7.08. The van der Waals surface area contributed by atoms with Gasteiger partial charge >= 0.3 is 0 Å². The Kier molecular flexibility index (Phi) is 2.61. The monoisotopic (exact) mass is 254 g/mol. The summed E-state index contributed by atoms with van der Waals surface area (Å²) in [5.74, 6) is 0. The molecule has 2 N–H and O–H groups in total. The van der Waals surface area contributed by atoms with E-state index in [0.717, 1.165) is 17.7 Å². The van der Waals surface area contributed by atoms with Crippen molar-refractivity contribution in [3.8, 4) is 0 Å². The topological polar surface area (TPSA) is 63.4 Å². The highest BCUT2D eigenvalue weighted by Crippen LogP contribution is 2.35. The van der Waals surface area contributed by atoms with E-state index in [0.29, 0.717) is 12.2 Å². The van der Waals surface area contributed by atoms with E-state index in [1.807, 2.05) is 6.07 Å². The molecule has 0 aromatic heterocycles. The van der Waals surface area contributed by atoms with Crippen molar-refractivity contribution in [2.45, 2.75) is 31.9 Å². The van der Waals surface area contributed by atoms with Crippen LogP contribution in [0.5, 0.6) is 0 Å². The van der Waals surface area contributed by atoms with Crippen molar-refractivity contribution in [3.63, 3.8) is 0 Å². The predicted octanol–water partition coefficient (Wildman–Crippen LogP) is 1.76. The summed E-state index contributed by atoms with van der Waals surface area (Å²) in [6, 6.07) is 5.39. The van der Waals surface area contributed by atoms with Crippen LogP contribution in [-0.2, 0) is 16.4 Å². The third-order valence-electron chi connectivity index (χ3n) is 3.02. The molecule has 0 saturated heterocycles. The van der Waals surface area contributed by atoms with Crippen LogP contribution in [0.1, 0.15) is 26.3 Å². The summed E-state index contributed by atoms with van der Waals surface area (Å²) in [4.78, 5) is 0. The average molecular weight is 254 g/mol. The number of nitrogen functional groups attached to an aromatic ring is 1. The second kappa shape index (κ2) is 3.63. The lowest BCUT2D eigenvalue weighted by Gasteiger charge is -2.28. The van der Waals surface area contributed by atoms with Gasteiger partial charge in [0.05, 0.1) is 10.4 Å². The van der Waals surface area contributed by atoms with Gasteiger partial charge < -0.3 is 5.73 Å². The van der Waals surface area contributed by atoms with E-state index in [1.165, 1.54) is 4.31 Å². The number of sulfonamides is 1. The third kappa shape index (κ3) is 1.88. The fraction of sp³-hybridized carbons (Fsp3) is 0.500. The summed E-state index contributed by atoms with van der Waals surface area (Å²) in [6.45, 7) is 5.67. The van der Waals surface area contributed by atoms with E-state index >= 15 is 0 Å². The molecule has 5 heteroatoms. The minimum Gasteiger partial charge on any atom is -0.399 e. The van der Waals surface area contributed by atoms with Crippen LogP contribution >= 0.6 is 0 Å². The van der Waals surface area contributed by atoms with E-state index in [4.69, 9.17) is 5.73 Å². The van der Waals surface area contributed by atoms with Crippen molar-refractivity contribution in [2.24, 2.45) is 0 Å². The minimum atomic E-state index is -3.31. The lowest BCUT2D eigenvalue weighted by Crippen LogP contribution is -2.42. The first kappa shape index (κ1) is 12.2. The molecule has 1 aromatic rings. The van der Waals surface area contributed by atoms with Gasteiger partial charge in [0.25, 0.3) is 0 Å². The standard InChI is InChI=1S/C12H18N2O2S/c1-12(2,3)17(15,16)14-7-6-9-8-10(13)4-5-11(9)14/h4-5,8H,6-7,13H2,1-3H3. The molecule has 2 rings (SSSR count). The molecule has 0 radical (unpaired) electrons. The van der Waals surface area contributed by atoms with Gasteiger partial charge in [0.1, 0.15) is 0 Å². The number of benzene rings is 1. The fourth-order valence-electron chi connectivity index (χ4n) is 1.97. The fourth-order valence-corrected chi connectivity index (χ4v) is 3.40. The minimum absolute atomic E-state index is 0.512. The Balaban J connectivity index is 2.48. The van der Waals surface area contributed by atoms with Crippen LogP contribution in [0, 0.1) is 0 Å². The van der Waals surface area contributed by atoms with Crippen molar-refractivity contribution in [1.82, 2.24) is 0 Å². The molecule has 17 heavy (non-hydrogen) atoms. The van der Waals surface area contributed by atoms with Crippen LogP contribution in [0.2, 0.25) is 0 Å². The van der Waals surface area contributed by atoms with E-state index in [9.17, 15) is 8.42 Å². The van der Waals surface area contributed by atoms with Gasteiger partial charge in [-0.1, -0.05) is 0 Å². The first-order valence-electron chi connectivity index (χ1n) is 5.64. The number of hydrogen-bond acceptors (Lipinski definition) is 3. The summed E-state index contributed by atoms with van der Waals surface area (Å²) >= 11 is 0. The number of fused-ring (bicyclic) bond motifs is 1. The molecule has 1 heterocycles. The summed E-state index contributed by atoms with van der Waals surface area (Å²) in [5.41, 5.74) is 8.17. The van der Waals surface area contributed by atoms with Crippen molar-refractivity contribution in [1.29, 1.82) is 0 Å². The van der Waals surface area contributed by atoms with Gasteiger partial charge in [-0.15, -0.1) is 0 Å². The second-order valence-corrected chi connectivity index (χ2v) is 7.94. The van der Waals surface area contributed by atoms with Crippen LogP contribution in [0.4, 0.5) is 11.4 Å². The molecule has 0 fully saturated rings. The van der Waals surface area contributed by atoms with Crippen molar-refractivity contribution >= 4 is 21.4 Å². The molecular formula is C12H18N2O2S. The molecule has 0 amide bonds. The summed E-state index contributed by atoms with van der Waals surface area (Å²) in [7, 11) is -3.31. The highest BCUT2D eigenvalue weighted by molar-refractivity contribution is 7.94. The molecule has 1 aliphatic heterocycles. The molecule has 0 aliphatic carbocycles. The average Bonchev–Trinajstić information content (AvgIpc) is 2.58. The second-order valence-electron chi connectivity index (χ2n) is 5.33. The van der Waals surface area contributed by atoms with Crippen LogP contribution in [0.3, 0.4) is 0 Å². The van der Waals surface area contributed by atoms with Gasteiger partial charge in [0.2, 0.25) is 10.0 Å². The van der Waals surface area contributed by atoms with E-state index in [1.54, 1.807) is 32.9 Å². The van der Waals surface area contributed by atoms with Gasteiger partial charge in [-0.2, -0.15) is 0 Å². The predicted molar refractivity (Wildman–Crippen MR) is 70.6 cm³/mol. The smallest absolute Gasteiger partial charge is 0.240 e. The van der Waals surface area contributed by atoms with Crippen molar-refractivity contribution < 1.29 is 8.42 Å². The van der Waals surface area contributed by atoms with Crippen LogP contribution < -0.4 is 10.0 Å². The maximum absolute atomic E-state index is 12.4. The number of nitrogens with zero attached hydrogens (tertiary/aromatic N) is 1. The molecule has 94 valence electrons. The van der Waals surface area contributed by atoms with E-state index in [2.05, 4.69) is 0 Å². The molecule has 0 unspecified atom stereocenters. The maximum Gasteiger partial charge on any atom is 0.240 e. The molecule has 0 saturated carbocycles. The van der Waals surface area contributed by atoms with Crippen LogP contribution in [0.15, 0.2) is 18.2 Å².